The summed E-state index contributed by atoms with van der Waals surface area (Å²) in [5.74, 6) is 0. The number of aromatic nitrogens is 1. The molecule has 0 saturated carbocycles. The molecule has 0 fully saturated rings. The van der Waals surface area contributed by atoms with Crippen LogP contribution in [0.4, 0.5) is 13.2 Å². The maximum atomic E-state index is 13.0. The third kappa shape index (κ3) is 3.44. The highest BCUT2D eigenvalue weighted by atomic mass is 32.1. The first-order chi connectivity index (χ1) is 9.60. The van der Waals surface area contributed by atoms with Crippen LogP contribution in [0.25, 0.3) is 0 Å². The highest BCUT2D eigenvalue weighted by molar-refractivity contribution is 7.09. The highest BCUT2D eigenvalue weighted by Gasteiger charge is 2.35. The van der Waals surface area contributed by atoms with Gasteiger partial charge in [0.25, 0.3) is 0 Å². The van der Waals surface area contributed by atoms with Crippen molar-refractivity contribution in [2.24, 2.45) is 5.73 Å². The van der Waals surface area contributed by atoms with Gasteiger partial charge in [-0.1, -0.05) is 39.0 Å². The average Bonchev–Trinajstić information content (AvgIpc) is 2.86. The Hall–Kier alpha value is -1.40. The lowest BCUT2D eigenvalue weighted by atomic mass is 9.93. The van der Waals surface area contributed by atoms with Gasteiger partial charge >= 0.3 is 6.18 Å². The van der Waals surface area contributed by atoms with Crippen molar-refractivity contribution >= 4 is 11.3 Å². The largest absolute Gasteiger partial charge is 0.416 e. The Labute approximate surface area is 125 Å². The summed E-state index contributed by atoms with van der Waals surface area (Å²) in [5, 5.41) is 2.35. The molecule has 0 aliphatic rings. The zero-order valence-corrected chi connectivity index (χ0v) is 12.8. The van der Waals surface area contributed by atoms with E-state index in [0.717, 1.165) is 11.8 Å². The monoisotopic (exact) mass is 314 g/mol. The van der Waals surface area contributed by atoms with Crippen molar-refractivity contribution < 1.29 is 13.2 Å². The summed E-state index contributed by atoms with van der Waals surface area (Å²) in [6, 6.07) is 4.51. The molecule has 0 saturated heterocycles. The summed E-state index contributed by atoms with van der Waals surface area (Å²) in [6.07, 6.45) is -4.42. The van der Waals surface area contributed by atoms with Crippen molar-refractivity contribution in [3.8, 4) is 0 Å². The minimum atomic E-state index is -4.42. The number of hydrogen-bond donors (Lipinski definition) is 1. The molecule has 1 aromatic carbocycles. The Kier molecular flexibility index (Phi) is 4.13. The number of benzene rings is 1. The lowest BCUT2D eigenvalue weighted by Gasteiger charge is -2.17. The molecule has 0 radical (unpaired) electrons. The van der Waals surface area contributed by atoms with E-state index in [1.807, 2.05) is 26.2 Å². The second-order valence-electron chi connectivity index (χ2n) is 5.88. The van der Waals surface area contributed by atoms with Crippen LogP contribution < -0.4 is 5.73 Å². The molecule has 2 nitrogen and oxygen atoms in total. The van der Waals surface area contributed by atoms with Crippen molar-refractivity contribution in [1.82, 2.24) is 4.98 Å². The number of hydrogen-bond acceptors (Lipinski definition) is 3. The Balaban J connectivity index is 2.42. The number of alkyl halides is 3. The molecule has 2 rings (SSSR count). The molecule has 0 spiro atoms. The summed E-state index contributed by atoms with van der Waals surface area (Å²) in [6.45, 7) is 6.00. The van der Waals surface area contributed by atoms with E-state index in [9.17, 15) is 13.2 Å². The maximum absolute atomic E-state index is 13.0. The van der Waals surface area contributed by atoms with E-state index < -0.39 is 17.8 Å². The molecule has 2 aromatic rings. The predicted octanol–water partition coefficient (Wildman–Crippen LogP) is 4.51. The van der Waals surface area contributed by atoms with Crippen LogP contribution in [0.2, 0.25) is 0 Å². The van der Waals surface area contributed by atoms with Crippen molar-refractivity contribution in [3.05, 3.63) is 51.5 Å². The Morgan fingerprint density at radius 2 is 1.76 bits per heavy atom. The smallest absolute Gasteiger partial charge is 0.318 e. The molecule has 1 atom stereocenters. The van der Waals surface area contributed by atoms with Crippen LogP contribution in [0.1, 0.15) is 48.6 Å². The third-order valence-electron chi connectivity index (χ3n) is 3.16. The second kappa shape index (κ2) is 5.42. The van der Waals surface area contributed by atoms with Gasteiger partial charge in [0.2, 0.25) is 0 Å². The van der Waals surface area contributed by atoms with Gasteiger partial charge in [-0.3, -0.25) is 0 Å². The number of halogens is 3. The van der Waals surface area contributed by atoms with E-state index in [0.29, 0.717) is 5.01 Å². The molecule has 21 heavy (non-hydrogen) atoms. The molecule has 1 unspecified atom stereocenters. The van der Waals surface area contributed by atoms with Gasteiger partial charge in [0, 0.05) is 10.8 Å². The van der Waals surface area contributed by atoms with E-state index in [1.54, 1.807) is 6.07 Å². The fourth-order valence-corrected chi connectivity index (χ4v) is 3.00. The van der Waals surface area contributed by atoms with Crippen LogP contribution in [-0.4, -0.2) is 4.98 Å². The first-order valence-corrected chi connectivity index (χ1v) is 7.36. The van der Waals surface area contributed by atoms with E-state index in [2.05, 4.69) is 4.98 Å². The Morgan fingerprint density at radius 3 is 2.29 bits per heavy atom. The molecular weight excluding hydrogens is 297 g/mol. The summed E-state index contributed by atoms with van der Waals surface area (Å²) in [5.41, 5.74) is 6.05. The number of rotatable bonds is 2. The summed E-state index contributed by atoms with van der Waals surface area (Å²) in [4.78, 5) is 4.41. The first kappa shape index (κ1) is 16.0. The van der Waals surface area contributed by atoms with Gasteiger partial charge in [-0.2, -0.15) is 13.2 Å². The minimum absolute atomic E-state index is 0.0554. The van der Waals surface area contributed by atoms with E-state index in [1.165, 1.54) is 23.5 Å². The molecule has 6 heteroatoms. The van der Waals surface area contributed by atoms with Gasteiger partial charge in [0.15, 0.2) is 0 Å². The average molecular weight is 314 g/mol. The van der Waals surface area contributed by atoms with Gasteiger partial charge in [-0.05, 0) is 11.6 Å². The summed E-state index contributed by atoms with van der Waals surface area (Å²) >= 11 is 1.30. The van der Waals surface area contributed by atoms with Crippen LogP contribution in [0.3, 0.4) is 0 Å². The van der Waals surface area contributed by atoms with Gasteiger partial charge in [-0.25, -0.2) is 4.98 Å². The van der Waals surface area contributed by atoms with Crippen LogP contribution in [-0.2, 0) is 11.6 Å². The molecule has 1 aromatic heterocycles. The van der Waals surface area contributed by atoms with E-state index in [-0.39, 0.29) is 11.0 Å². The fraction of sp³-hybridized carbons (Fsp3) is 0.400. The maximum Gasteiger partial charge on any atom is 0.416 e. The number of nitrogens with zero attached hydrogens (tertiary/aromatic N) is 1. The molecule has 0 aliphatic carbocycles. The molecule has 0 aliphatic heterocycles. The fourth-order valence-electron chi connectivity index (χ4n) is 1.93. The first-order valence-electron chi connectivity index (χ1n) is 6.48. The molecule has 1 heterocycles. The SMILES string of the molecule is CC(C)(C)c1csc(C(N)c2ccccc2C(F)(F)F)n1. The predicted molar refractivity (Wildman–Crippen MR) is 78.3 cm³/mol. The van der Waals surface area contributed by atoms with Crippen LogP contribution >= 0.6 is 11.3 Å². The number of thiazole rings is 1. The molecule has 2 N–H and O–H groups in total. The number of nitrogens with two attached hydrogens (primary N) is 1. The van der Waals surface area contributed by atoms with Crippen molar-refractivity contribution in [3.63, 3.8) is 0 Å². The Bertz CT molecular complexity index is 626. The van der Waals surface area contributed by atoms with Crippen molar-refractivity contribution in [2.75, 3.05) is 0 Å². The van der Waals surface area contributed by atoms with E-state index >= 15 is 0 Å². The van der Waals surface area contributed by atoms with Crippen LogP contribution in [0, 0.1) is 0 Å². The van der Waals surface area contributed by atoms with Gasteiger partial charge in [-0.15, -0.1) is 11.3 Å². The topological polar surface area (TPSA) is 38.9 Å². The normalized spacial score (nSPS) is 14.2. The van der Waals surface area contributed by atoms with E-state index in [4.69, 9.17) is 5.73 Å². The quantitative estimate of drug-likeness (QED) is 0.886. The zero-order valence-electron chi connectivity index (χ0n) is 12.0. The summed E-state index contributed by atoms with van der Waals surface area (Å²) in [7, 11) is 0. The van der Waals surface area contributed by atoms with Gasteiger partial charge < -0.3 is 5.73 Å². The lowest BCUT2D eigenvalue weighted by molar-refractivity contribution is -0.138. The van der Waals surface area contributed by atoms with Crippen LogP contribution in [0.5, 0.6) is 0 Å². The highest BCUT2D eigenvalue weighted by Crippen LogP contribution is 2.36. The zero-order chi connectivity index (χ0) is 15.8. The molecule has 0 amide bonds. The van der Waals surface area contributed by atoms with Crippen LogP contribution in [0.15, 0.2) is 29.6 Å². The molecule has 114 valence electrons. The lowest BCUT2D eigenvalue weighted by Crippen LogP contribution is -2.19. The third-order valence-corrected chi connectivity index (χ3v) is 4.09. The van der Waals surface area contributed by atoms with Crippen molar-refractivity contribution in [2.45, 2.75) is 38.4 Å². The standard InChI is InChI=1S/C15H17F3N2S/c1-14(2,3)11-8-21-13(20-11)12(19)9-6-4-5-7-10(9)15(16,17)18/h4-8,12H,19H2,1-3H3. The molecule has 0 bridgehead atoms. The Morgan fingerprint density at radius 1 is 1.14 bits per heavy atom. The molecular formula is C15H17F3N2S. The summed E-state index contributed by atoms with van der Waals surface area (Å²) < 4.78 is 39.1. The van der Waals surface area contributed by atoms with Crippen molar-refractivity contribution in [1.29, 1.82) is 0 Å². The van der Waals surface area contributed by atoms with Gasteiger partial charge in [0.05, 0.1) is 17.3 Å². The second-order valence-corrected chi connectivity index (χ2v) is 6.77. The minimum Gasteiger partial charge on any atom is -0.318 e. The van der Waals surface area contributed by atoms with Gasteiger partial charge in [0.1, 0.15) is 5.01 Å².